The Balaban J connectivity index is 1.97. The molecule has 1 aliphatic rings. The van der Waals surface area contributed by atoms with Gasteiger partial charge in [-0.05, 0) is 74.0 Å². The molecule has 0 spiro atoms. The third-order valence-corrected chi connectivity index (χ3v) is 5.44. The molecule has 2 unspecified atom stereocenters. The van der Waals surface area contributed by atoms with Crippen LogP contribution in [0.3, 0.4) is 0 Å². The number of halogens is 2. The summed E-state index contributed by atoms with van der Waals surface area (Å²) in [6, 6.07) is 1.58. The highest BCUT2D eigenvalue weighted by atomic mass is 19.1. The highest BCUT2D eigenvalue weighted by molar-refractivity contribution is 5.36. The van der Waals surface area contributed by atoms with Crippen molar-refractivity contribution < 1.29 is 8.78 Å². The first kappa shape index (κ1) is 18.4. The molecule has 0 aliphatic heterocycles. The summed E-state index contributed by atoms with van der Waals surface area (Å²) in [5.74, 6) is 1.47. The fourth-order valence-corrected chi connectivity index (χ4v) is 4.21. The second-order valence-corrected chi connectivity index (χ2v) is 7.91. The molecular weight excluding hydrogens is 290 g/mol. The van der Waals surface area contributed by atoms with Crippen molar-refractivity contribution in [1.82, 2.24) is 0 Å². The van der Waals surface area contributed by atoms with Crippen LogP contribution < -0.4 is 0 Å². The zero-order valence-electron chi connectivity index (χ0n) is 15.2. The van der Waals surface area contributed by atoms with E-state index in [1.807, 2.05) is 0 Å². The third-order valence-electron chi connectivity index (χ3n) is 5.44. The summed E-state index contributed by atoms with van der Waals surface area (Å²) >= 11 is 0. The zero-order valence-corrected chi connectivity index (χ0v) is 15.2. The lowest BCUT2D eigenvalue weighted by molar-refractivity contribution is 0.309. The van der Waals surface area contributed by atoms with E-state index >= 15 is 0 Å². The van der Waals surface area contributed by atoms with Crippen molar-refractivity contribution in [3.63, 3.8) is 0 Å². The van der Waals surface area contributed by atoms with Gasteiger partial charge in [-0.2, -0.15) is 0 Å². The highest BCUT2D eigenvalue weighted by Crippen LogP contribution is 2.34. The maximum Gasteiger partial charge on any atom is 0.132 e. The van der Waals surface area contributed by atoms with Crippen molar-refractivity contribution in [2.75, 3.05) is 0 Å². The number of hydrogen-bond acceptors (Lipinski definition) is 0. The molecule has 2 heteroatoms. The first-order valence-electron chi connectivity index (χ1n) is 9.38. The average molecular weight is 322 g/mol. The number of hydrogen-bond donors (Lipinski definition) is 0. The van der Waals surface area contributed by atoms with Crippen LogP contribution in [0.4, 0.5) is 8.78 Å². The van der Waals surface area contributed by atoms with E-state index in [2.05, 4.69) is 20.8 Å². The molecule has 23 heavy (non-hydrogen) atoms. The van der Waals surface area contributed by atoms with Gasteiger partial charge in [-0.15, -0.1) is 0 Å². The van der Waals surface area contributed by atoms with Crippen LogP contribution in [0.25, 0.3) is 0 Å². The van der Waals surface area contributed by atoms with Gasteiger partial charge in [0.05, 0.1) is 0 Å². The number of benzene rings is 1. The monoisotopic (exact) mass is 322 g/mol. The van der Waals surface area contributed by atoms with Gasteiger partial charge in [-0.3, -0.25) is 0 Å². The van der Waals surface area contributed by atoms with E-state index in [1.165, 1.54) is 39.0 Å². The average Bonchev–Trinajstić information content (AvgIpc) is 2.50. The van der Waals surface area contributed by atoms with Gasteiger partial charge >= 0.3 is 0 Å². The standard InChI is InChI=1S/C21H32F2/c1-5-6-16(11-14(2)3)7-8-17-9-10-19-18(12-17)13-20(22)15(4)21(19)23/h13-14,16-17H,5-12H2,1-4H3. The maximum atomic E-state index is 14.2. The summed E-state index contributed by atoms with van der Waals surface area (Å²) in [5.41, 5.74) is 1.87. The van der Waals surface area contributed by atoms with Gasteiger partial charge in [0, 0.05) is 5.56 Å². The summed E-state index contributed by atoms with van der Waals surface area (Å²) in [6.45, 7) is 8.40. The summed E-state index contributed by atoms with van der Waals surface area (Å²) in [6.07, 6.45) is 9.01. The first-order valence-corrected chi connectivity index (χ1v) is 9.38. The molecule has 1 aliphatic carbocycles. The number of rotatable bonds is 7. The van der Waals surface area contributed by atoms with Crippen molar-refractivity contribution in [3.05, 3.63) is 34.4 Å². The summed E-state index contributed by atoms with van der Waals surface area (Å²) in [7, 11) is 0. The van der Waals surface area contributed by atoms with Crippen molar-refractivity contribution >= 4 is 0 Å². The van der Waals surface area contributed by atoms with Crippen LogP contribution in [0.15, 0.2) is 6.07 Å². The van der Waals surface area contributed by atoms with E-state index in [4.69, 9.17) is 0 Å². The Morgan fingerprint density at radius 3 is 2.61 bits per heavy atom. The third kappa shape index (κ3) is 4.78. The van der Waals surface area contributed by atoms with Crippen LogP contribution >= 0.6 is 0 Å². The molecule has 1 aromatic carbocycles. The minimum absolute atomic E-state index is 0.183. The van der Waals surface area contributed by atoms with Crippen LogP contribution in [0.2, 0.25) is 0 Å². The molecule has 0 aromatic heterocycles. The van der Waals surface area contributed by atoms with Crippen LogP contribution in [-0.4, -0.2) is 0 Å². The SMILES string of the molecule is CCCC(CCC1CCc2c(cc(F)c(C)c2F)C1)CC(C)C. The maximum absolute atomic E-state index is 14.2. The van der Waals surface area contributed by atoms with E-state index in [1.54, 1.807) is 6.07 Å². The predicted octanol–water partition coefficient (Wildman–Crippen LogP) is 6.62. The van der Waals surface area contributed by atoms with Crippen LogP contribution in [0, 0.1) is 36.3 Å². The molecule has 0 bridgehead atoms. The van der Waals surface area contributed by atoms with E-state index in [-0.39, 0.29) is 17.2 Å². The fraction of sp³-hybridized carbons (Fsp3) is 0.714. The van der Waals surface area contributed by atoms with Crippen LogP contribution in [0.5, 0.6) is 0 Å². The van der Waals surface area contributed by atoms with Gasteiger partial charge in [-0.1, -0.05) is 40.0 Å². The number of fused-ring (bicyclic) bond motifs is 1. The molecule has 0 radical (unpaired) electrons. The predicted molar refractivity (Wildman–Crippen MR) is 93.7 cm³/mol. The zero-order chi connectivity index (χ0) is 17.0. The fourth-order valence-electron chi connectivity index (χ4n) is 4.21. The van der Waals surface area contributed by atoms with Crippen molar-refractivity contribution in [1.29, 1.82) is 0 Å². The molecule has 0 N–H and O–H groups in total. The molecule has 130 valence electrons. The minimum Gasteiger partial charge on any atom is -0.207 e. The molecule has 1 aromatic rings. The molecule has 0 heterocycles. The smallest absolute Gasteiger partial charge is 0.132 e. The first-order chi connectivity index (χ1) is 10.9. The van der Waals surface area contributed by atoms with E-state index < -0.39 is 0 Å². The molecule has 0 fully saturated rings. The topological polar surface area (TPSA) is 0 Å². The Hall–Kier alpha value is -0.920. The normalized spacial score (nSPS) is 19.0. The molecular formula is C21H32F2. The lowest BCUT2D eigenvalue weighted by Crippen LogP contribution is -2.18. The second-order valence-electron chi connectivity index (χ2n) is 7.91. The second kappa shape index (κ2) is 8.26. The van der Waals surface area contributed by atoms with Gasteiger partial charge in [0.15, 0.2) is 0 Å². The van der Waals surface area contributed by atoms with Gasteiger partial charge < -0.3 is 0 Å². The van der Waals surface area contributed by atoms with Crippen molar-refractivity contribution in [2.45, 2.75) is 79.1 Å². The van der Waals surface area contributed by atoms with Gasteiger partial charge in [0.1, 0.15) is 11.6 Å². The highest BCUT2D eigenvalue weighted by Gasteiger charge is 2.24. The molecule has 0 saturated carbocycles. The Kier molecular flexibility index (Phi) is 6.61. The van der Waals surface area contributed by atoms with E-state index in [0.29, 0.717) is 5.92 Å². The largest absolute Gasteiger partial charge is 0.207 e. The Bertz CT molecular complexity index is 519. The summed E-state index contributed by atoms with van der Waals surface area (Å²) < 4.78 is 28.0. The quantitative estimate of drug-likeness (QED) is 0.529. The molecule has 2 atom stereocenters. The summed E-state index contributed by atoms with van der Waals surface area (Å²) in [5, 5.41) is 0. The Labute approximate surface area is 140 Å². The van der Waals surface area contributed by atoms with E-state index in [9.17, 15) is 8.78 Å². The lowest BCUT2D eigenvalue weighted by atomic mass is 9.78. The van der Waals surface area contributed by atoms with Gasteiger partial charge in [-0.25, -0.2) is 8.78 Å². The van der Waals surface area contributed by atoms with Crippen molar-refractivity contribution in [2.24, 2.45) is 17.8 Å². The van der Waals surface area contributed by atoms with Crippen molar-refractivity contribution in [3.8, 4) is 0 Å². The molecule has 0 saturated heterocycles. The molecule has 0 nitrogen and oxygen atoms in total. The van der Waals surface area contributed by atoms with Gasteiger partial charge in [0.2, 0.25) is 0 Å². The lowest BCUT2D eigenvalue weighted by Gasteiger charge is -2.27. The van der Waals surface area contributed by atoms with Crippen LogP contribution in [0.1, 0.15) is 76.0 Å². The van der Waals surface area contributed by atoms with E-state index in [0.717, 1.165) is 42.2 Å². The summed E-state index contributed by atoms with van der Waals surface area (Å²) in [4.78, 5) is 0. The Morgan fingerprint density at radius 2 is 1.96 bits per heavy atom. The molecule has 2 rings (SSSR count). The minimum atomic E-state index is -0.384. The Morgan fingerprint density at radius 1 is 1.22 bits per heavy atom. The van der Waals surface area contributed by atoms with Crippen LogP contribution in [-0.2, 0) is 12.8 Å². The molecule has 0 amide bonds. The van der Waals surface area contributed by atoms with Gasteiger partial charge in [0.25, 0.3) is 0 Å².